The highest BCUT2D eigenvalue weighted by Gasteiger charge is 2.24. The molecule has 1 N–H and O–H groups in total. The average molecular weight is 340 g/mol. The molecule has 0 spiro atoms. The molecule has 0 bridgehead atoms. The van der Waals surface area contributed by atoms with Crippen molar-refractivity contribution in [3.8, 4) is 5.75 Å². The van der Waals surface area contributed by atoms with E-state index in [4.69, 9.17) is 4.74 Å². The van der Waals surface area contributed by atoms with E-state index in [9.17, 15) is 0 Å². The molecule has 3 heteroatoms. The molecule has 0 radical (unpaired) electrons. The molecule has 2 nitrogen and oxygen atoms in total. The zero-order chi connectivity index (χ0) is 14.4. The summed E-state index contributed by atoms with van der Waals surface area (Å²) in [6.45, 7) is 3.28. The molecule has 1 atom stereocenters. The second-order valence-corrected chi connectivity index (χ2v) is 6.56. The minimum Gasteiger partial charge on any atom is -0.497 e. The van der Waals surface area contributed by atoms with Gasteiger partial charge in [-0.3, -0.25) is 0 Å². The molecule has 1 aromatic rings. The fraction of sp³-hybridized carbons (Fsp3) is 0.647. The van der Waals surface area contributed by atoms with Crippen molar-refractivity contribution in [1.82, 2.24) is 5.32 Å². The summed E-state index contributed by atoms with van der Waals surface area (Å²) in [7, 11) is 1.73. The Morgan fingerprint density at radius 3 is 2.75 bits per heavy atom. The molecular formula is C17H26BrNO. The molecule has 1 saturated carbocycles. The smallest absolute Gasteiger partial charge is 0.119 e. The van der Waals surface area contributed by atoms with Gasteiger partial charge in [-0.2, -0.15) is 0 Å². The van der Waals surface area contributed by atoms with E-state index in [-0.39, 0.29) is 0 Å². The van der Waals surface area contributed by atoms with Crippen LogP contribution < -0.4 is 10.1 Å². The van der Waals surface area contributed by atoms with Crippen molar-refractivity contribution < 1.29 is 4.74 Å². The van der Waals surface area contributed by atoms with Crippen LogP contribution in [-0.4, -0.2) is 19.7 Å². The maximum atomic E-state index is 5.33. The van der Waals surface area contributed by atoms with Gasteiger partial charge >= 0.3 is 0 Å². The molecule has 1 aliphatic rings. The lowest BCUT2D eigenvalue weighted by Gasteiger charge is -2.24. The Hall–Kier alpha value is -0.540. The monoisotopic (exact) mass is 339 g/mol. The minimum atomic E-state index is 0.667. The molecule has 20 heavy (non-hydrogen) atoms. The summed E-state index contributed by atoms with van der Waals surface area (Å²) >= 11 is 3.66. The van der Waals surface area contributed by atoms with Gasteiger partial charge in [0.05, 0.1) is 7.11 Å². The van der Waals surface area contributed by atoms with Crippen molar-refractivity contribution in [2.24, 2.45) is 5.92 Å². The van der Waals surface area contributed by atoms with Crippen LogP contribution in [0.2, 0.25) is 0 Å². The predicted molar refractivity (Wildman–Crippen MR) is 88.4 cm³/mol. The molecule has 1 aliphatic carbocycles. The van der Waals surface area contributed by atoms with Gasteiger partial charge in [0.2, 0.25) is 0 Å². The Labute approximate surface area is 131 Å². The largest absolute Gasteiger partial charge is 0.497 e. The first kappa shape index (κ1) is 15.8. The van der Waals surface area contributed by atoms with E-state index < -0.39 is 0 Å². The van der Waals surface area contributed by atoms with Crippen molar-refractivity contribution in [3.63, 3.8) is 0 Å². The summed E-state index contributed by atoms with van der Waals surface area (Å²) < 4.78 is 6.52. The van der Waals surface area contributed by atoms with Crippen LogP contribution in [0, 0.1) is 5.92 Å². The van der Waals surface area contributed by atoms with Crippen LogP contribution in [0.5, 0.6) is 5.75 Å². The lowest BCUT2D eigenvalue weighted by molar-refractivity contribution is 0.345. The zero-order valence-corrected chi connectivity index (χ0v) is 14.2. The fourth-order valence-corrected chi connectivity index (χ4v) is 3.75. The van der Waals surface area contributed by atoms with E-state index in [0.29, 0.717) is 6.04 Å². The van der Waals surface area contributed by atoms with E-state index in [0.717, 1.165) is 24.6 Å². The van der Waals surface area contributed by atoms with Crippen molar-refractivity contribution in [1.29, 1.82) is 0 Å². The number of methoxy groups -OCH3 is 1. The SMILES string of the molecule is CCNC(CCc1cc(OC)ccc1Br)C1CCCC1. The highest BCUT2D eigenvalue weighted by atomic mass is 79.9. The summed E-state index contributed by atoms with van der Waals surface area (Å²) in [6.07, 6.45) is 7.94. The number of rotatable bonds is 7. The quantitative estimate of drug-likeness (QED) is 0.786. The second-order valence-electron chi connectivity index (χ2n) is 5.70. The molecule has 1 unspecified atom stereocenters. The van der Waals surface area contributed by atoms with Crippen LogP contribution >= 0.6 is 15.9 Å². The molecule has 1 fully saturated rings. The van der Waals surface area contributed by atoms with E-state index in [1.807, 2.05) is 6.07 Å². The maximum absolute atomic E-state index is 5.33. The average Bonchev–Trinajstić information content (AvgIpc) is 2.99. The van der Waals surface area contributed by atoms with Gasteiger partial charge in [-0.15, -0.1) is 0 Å². The van der Waals surface area contributed by atoms with Gasteiger partial charge < -0.3 is 10.1 Å². The van der Waals surface area contributed by atoms with Crippen molar-refractivity contribution >= 4 is 15.9 Å². The summed E-state index contributed by atoms with van der Waals surface area (Å²) in [5, 5.41) is 3.70. The summed E-state index contributed by atoms with van der Waals surface area (Å²) in [5.74, 6) is 1.82. The molecule has 0 saturated heterocycles. The van der Waals surface area contributed by atoms with Crippen LogP contribution in [0.1, 0.15) is 44.6 Å². The summed E-state index contributed by atoms with van der Waals surface area (Å²) in [6, 6.07) is 6.92. The van der Waals surface area contributed by atoms with Crippen molar-refractivity contribution in [2.45, 2.75) is 51.5 Å². The number of nitrogens with one attached hydrogen (secondary N) is 1. The highest BCUT2D eigenvalue weighted by molar-refractivity contribution is 9.10. The van der Waals surface area contributed by atoms with E-state index in [1.54, 1.807) is 7.11 Å². The Bertz CT molecular complexity index is 415. The molecule has 0 heterocycles. The number of hydrogen-bond acceptors (Lipinski definition) is 2. The van der Waals surface area contributed by atoms with Crippen LogP contribution in [0.3, 0.4) is 0 Å². The van der Waals surface area contributed by atoms with Gasteiger partial charge in [0, 0.05) is 10.5 Å². The Morgan fingerprint density at radius 2 is 2.10 bits per heavy atom. The molecule has 112 valence electrons. The Balaban J connectivity index is 1.97. The minimum absolute atomic E-state index is 0.667. The number of ether oxygens (including phenoxy) is 1. The number of halogens is 1. The van der Waals surface area contributed by atoms with Gasteiger partial charge in [0.25, 0.3) is 0 Å². The molecule has 0 amide bonds. The van der Waals surface area contributed by atoms with E-state index in [1.165, 1.54) is 42.1 Å². The van der Waals surface area contributed by atoms with Gasteiger partial charge in [-0.05, 0) is 61.9 Å². The molecular weight excluding hydrogens is 314 g/mol. The van der Waals surface area contributed by atoms with Gasteiger partial charge in [0.15, 0.2) is 0 Å². The van der Waals surface area contributed by atoms with Crippen LogP contribution in [0.25, 0.3) is 0 Å². The van der Waals surface area contributed by atoms with Crippen LogP contribution in [-0.2, 0) is 6.42 Å². The molecule has 0 aromatic heterocycles. The lowest BCUT2D eigenvalue weighted by atomic mass is 9.92. The first-order valence-electron chi connectivity index (χ1n) is 7.80. The van der Waals surface area contributed by atoms with Gasteiger partial charge in [-0.1, -0.05) is 35.7 Å². The van der Waals surface area contributed by atoms with Gasteiger partial charge in [-0.25, -0.2) is 0 Å². The lowest BCUT2D eigenvalue weighted by Crippen LogP contribution is -2.35. The third kappa shape index (κ3) is 4.23. The Kier molecular flexibility index (Phi) is 6.37. The van der Waals surface area contributed by atoms with E-state index in [2.05, 4.69) is 40.3 Å². The molecule has 0 aliphatic heterocycles. The van der Waals surface area contributed by atoms with E-state index >= 15 is 0 Å². The number of hydrogen-bond donors (Lipinski definition) is 1. The topological polar surface area (TPSA) is 21.3 Å². The number of benzene rings is 1. The van der Waals surface area contributed by atoms with Crippen LogP contribution in [0.4, 0.5) is 0 Å². The van der Waals surface area contributed by atoms with Crippen LogP contribution in [0.15, 0.2) is 22.7 Å². The Morgan fingerprint density at radius 1 is 1.35 bits per heavy atom. The third-order valence-corrected chi connectivity index (χ3v) is 5.19. The normalized spacial score (nSPS) is 17.4. The van der Waals surface area contributed by atoms with Crippen molar-refractivity contribution in [3.05, 3.63) is 28.2 Å². The first-order chi connectivity index (χ1) is 9.74. The standard InChI is InChI=1S/C17H26BrNO/c1-3-19-17(13-6-4-5-7-13)11-8-14-12-15(20-2)9-10-16(14)18/h9-10,12-13,17,19H,3-8,11H2,1-2H3. The first-order valence-corrected chi connectivity index (χ1v) is 8.59. The maximum Gasteiger partial charge on any atom is 0.119 e. The summed E-state index contributed by atoms with van der Waals surface area (Å²) in [4.78, 5) is 0. The molecule has 2 rings (SSSR count). The highest BCUT2D eigenvalue weighted by Crippen LogP contribution is 2.31. The second kappa shape index (κ2) is 8.04. The summed E-state index contributed by atoms with van der Waals surface area (Å²) in [5.41, 5.74) is 1.35. The molecule has 1 aromatic carbocycles. The number of aryl methyl sites for hydroxylation is 1. The zero-order valence-electron chi connectivity index (χ0n) is 12.6. The predicted octanol–water partition coefficient (Wildman–Crippen LogP) is 4.56. The fourth-order valence-electron chi connectivity index (χ4n) is 3.31. The third-order valence-electron chi connectivity index (χ3n) is 4.41. The van der Waals surface area contributed by atoms with Gasteiger partial charge in [0.1, 0.15) is 5.75 Å². The van der Waals surface area contributed by atoms with Crippen molar-refractivity contribution in [2.75, 3.05) is 13.7 Å².